The SMILES string of the molecule is FC(F)(F)C(F)(F)C(F)(F)C(F)(F)C(F)(F)C(F)(F)C(F)(F)C(F)(F)c1ccc2oc3ccc4c(ccc5oc6ccc(C(F)(F)C(F)(F)C(F)(F)C(F)(F)C(F)(F)C(F)(F)C(F)(F)C(F)(F)F)cc6c54)c3c2c1. The monoisotopic (exact) mass is 1140 g/mol. The first-order chi connectivity index (χ1) is 32.6. The van der Waals surface area contributed by atoms with Crippen molar-refractivity contribution in [1.29, 1.82) is 0 Å². The molecule has 2 nitrogen and oxygen atoms in total. The third kappa shape index (κ3) is 6.79. The average molecular weight is 1140 g/mol. The summed E-state index contributed by atoms with van der Waals surface area (Å²) in [6.07, 6.45) is -16.1. The molecule has 2 heterocycles. The van der Waals surface area contributed by atoms with E-state index in [-0.39, 0.29) is 12.1 Å². The fraction of sp³-hybridized carbons (Fsp3) is 0.421. The van der Waals surface area contributed by atoms with Crippen molar-refractivity contribution in [1.82, 2.24) is 0 Å². The molecule has 0 bridgehead atoms. The minimum absolute atomic E-state index is 0.0574. The highest BCUT2D eigenvalue weighted by Gasteiger charge is 2.97. The minimum Gasteiger partial charge on any atom is -0.456 e. The van der Waals surface area contributed by atoms with Crippen LogP contribution in [0.2, 0.25) is 0 Å². The quantitative estimate of drug-likeness (QED) is 0.102. The molecule has 6 rings (SSSR count). The van der Waals surface area contributed by atoms with Gasteiger partial charge in [-0.2, -0.15) is 149 Å². The molecule has 0 amide bonds. The fourth-order valence-electron chi connectivity index (χ4n) is 7.04. The van der Waals surface area contributed by atoms with Crippen molar-refractivity contribution < 1.29 is 158 Å². The third-order valence-electron chi connectivity index (χ3n) is 11.2. The van der Waals surface area contributed by atoms with Gasteiger partial charge in [0.15, 0.2) is 0 Å². The van der Waals surface area contributed by atoms with Crippen LogP contribution in [0.15, 0.2) is 69.5 Å². The van der Waals surface area contributed by atoms with Crippen LogP contribution in [0, 0.1) is 0 Å². The van der Waals surface area contributed by atoms with Crippen molar-refractivity contribution in [3.05, 3.63) is 71.8 Å². The zero-order chi connectivity index (χ0) is 57.4. The van der Waals surface area contributed by atoms with E-state index < -0.39 is 185 Å². The van der Waals surface area contributed by atoms with Gasteiger partial charge in [-0.3, -0.25) is 0 Å². The third-order valence-corrected chi connectivity index (χ3v) is 11.2. The van der Waals surface area contributed by atoms with Gasteiger partial charge in [0.05, 0.1) is 0 Å². The molecule has 2 aromatic heterocycles. The van der Waals surface area contributed by atoms with Crippen molar-refractivity contribution in [2.75, 3.05) is 0 Å². The molecule has 412 valence electrons. The van der Waals surface area contributed by atoms with Gasteiger partial charge in [0.2, 0.25) is 0 Å². The first-order valence-electron chi connectivity index (χ1n) is 18.3. The maximum absolute atomic E-state index is 15.4. The lowest BCUT2D eigenvalue weighted by atomic mass is 9.86. The standard InChI is InChI=1S/C38H10F34O2/c39-23(40,25(43,44)27(47,48)29(51,52)31(55,56)33(59,60)35(63,64)37(67,68)69)11-1-5-17-15(9-11)21-13-4-8-20-22(14(13)3-7-19(21)73-17)16-10-12(2-6-18(16)74-20)24(41,42)26(45,46)28(49,50)30(53,54)32(57,58)34(61,62)36(65,66)38(70,71)72/h1-10H. The maximum Gasteiger partial charge on any atom is 0.460 e. The summed E-state index contributed by atoms with van der Waals surface area (Å²) >= 11 is 0. The second kappa shape index (κ2) is 15.5. The van der Waals surface area contributed by atoms with E-state index in [4.69, 9.17) is 8.83 Å². The van der Waals surface area contributed by atoms with Gasteiger partial charge in [0.25, 0.3) is 0 Å². The summed E-state index contributed by atoms with van der Waals surface area (Å²) in [4.78, 5) is 0. The van der Waals surface area contributed by atoms with E-state index in [1.54, 1.807) is 0 Å². The lowest BCUT2D eigenvalue weighted by Crippen LogP contribution is -2.74. The second-order valence-corrected chi connectivity index (χ2v) is 15.6. The summed E-state index contributed by atoms with van der Waals surface area (Å²) in [6.45, 7) is 0. The Bertz CT molecular complexity index is 2970. The van der Waals surface area contributed by atoms with Crippen LogP contribution in [0.1, 0.15) is 11.1 Å². The Morgan fingerprint density at radius 1 is 0.216 bits per heavy atom. The van der Waals surface area contributed by atoms with Gasteiger partial charge in [-0.15, -0.1) is 0 Å². The zero-order valence-corrected chi connectivity index (χ0v) is 33.4. The number of furan rings is 2. The van der Waals surface area contributed by atoms with Crippen LogP contribution in [0.5, 0.6) is 0 Å². The van der Waals surface area contributed by atoms with Gasteiger partial charge < -0.3 is 8.83 Å². The zero-order valence-electron chi connectivity index (χ0n) is 33.4. The summed E-state index contributed by atoms with van der Waals surface area (Å²) < 4.78 is 487. The molecular weight excluding hydrogens is 1130 g/mol. The van der Waals surface area contributed by atoms with E-state index in [2.05, 4.69) is 0 Å². The fourth-order valence-corrected chi connectivity index (χ4v) is 7.04. The van der Waals surface area contributed by atoms with Gasteiger partial charge in [-0.25, -0.2) is 0 Å². The molecule has 0 N–H and O–H groups in total. The Hall–Kier alpha value is -5.64. The largest absolute Gasteiger partial charge is 0.460 e. The molecule has 0 fully saturated rings. The van der Waals surface area contributed by atoms with Crippen molar-refractivity contribution in [3.8, 4) is 0 Å². The number of hydrogen-bond acceptors (Lipinski definition) is 2. The minimum atomic E-state index is -8.98. The highest BCUT2D eigenvalue weighted by atomic mass is 19.4. The van der Waals surface area contributed by atoms with Crippen LogP contribution < -0.4 is 0 Å². The smallest absolute Gasteiger partial charge is 0.456 e. The Morgan fingerprint density at radius 3 is 0.676 bits per heavy atom. The van der Waals surface area contributed by atoms with E-state index in [1.165, 1.54) is 0 Å². The molecule has 36 heteroatoms. The number of fused-ring (bicyclic) bond motifs is 9. The molecular formula is C38H10F34O2. The average Bonchev–Trinajstić information content (AvgIpc) is 3.82. The topological polar surface area (TPSA) is 26.3 Å². The van der Waals surface area contributed by atoms with E-state index >= 15 is 17.6 Å². The van der Waals surface area contributed by atoms with Gasteiger partial charge in [-0.1, -0.05) is 0 Å². The summed E-state index contributed by atoms with van der Waals surface area (Å²) in [5.74, 6) is -119. The maximum atomic E-state index is 15.4. The highest BCUT2D eigenvalue weighted by Crippen LogP contribution is 2.67. The first-order valence-corrected chi connectivity index (χ1v) is 18.3. The predicted molar refractivity (Wildman–Crippen MR) is 178 cm³/mol. The van der Waals surface area contributed by atoms with Crippen molar-refractivity contribution in [3.63, 3.8) is 0 Å². The molecule has 0 saturated heterocycles. The number of alkyl halides is 34. The van der Waals surface area contributed by atoms with Crippen LogP contribution in [0.3, 0.4) is 0 Å². The van der Waals surface area contributed by atoms with Crippen LogP contribution in [-0.4, -0.2) is 83.4 Å². The van der Waals surface area contributed by atoms with Gasteiger partial charge in [0, 0.05) is 32.7 Å². The van der Waals surface area contributed by atoms with E-state index in [9.17, 15) is 132 Å². The molecule has 0 unspecified atom stereocenters. The van der Waals surface area contributed by atoms with Crippen LogP contribution in [0.4, 0.5) is 149 Å². The van der Waals surface area contributed by atoms with E-state index in [1.807, 2.05) is 0 Å². The van der Waals surface area contributed by atoms with Crippen LogP contribution in [0.25, 0.3) is 54.6 Å². The Morgan fingerprint density at radius 2 is 0.432 bits per heavy atom. The number of hydrogen-bond donors (Lipinski definition) is 0. The highest BCUT2D eigenvalue weighted by molar-refractivity contribution is 6.27. The molecule has 0 aliphatic carbocycles. The molecule has 0 spiro atoms. The van der Waals surface area contributed by atoms with Crippen molar-refractivity contribution in [2.24, 2.45) is 0 Å². The first kappa shape index (κ1) is 57.6. The summed E-state index contributed by atoms with van der Waals surface area (Å²) in [6, 6.07) is 1.02. The Kier molecular flexibility index (Phi) is 12.1. The van der Waals surface area contributed by atoms with Crippen molar-refractivity contribution >= 4 is 54.6 Å². The normalized spacial score (nSPS) is 16.0. The summed E-state index contributed by atoms with van der Waals surface area (Å²) in [5, 5.41) is -5.41. The van der Waals surface area contributed by atoms with Gasteiger partial charge in [0.1, 0.15) is 22.3 Å². The Labute approximate surface area is 380 Å². The molecule has 0 saturated carbocycles. The lowest BCUT2D eigenvalue weighted by Gasteiger charge is -2.42. The molecule has 0 aliphatic heterocycles. The van der Waals surface area contributed by atoms with Gasteiger partial charge >= 0.3 is 95.3 Å². The van der Waals surface area contributed by atoms with Gasteiger partial charge in [-0.05, 0) is 71.4 Å². The molecule has 0 radical (unpaired) electrons. The summed E-state index contributed by atoms with van der Waals surface area (Å²) in [7, 11) is 0. The molecule has 0 atom stereocenters. The molecule has 0 aliphatic rings. The number of halogens is 34. The Balaban J connectivity index is 1.49. The number of rotatable bonds is 14. The van der Waals surface area contributed by atoms with E-state index in [0.29, 0.717) is 12.1 Å². The predicted octanol–water partition coefficient (Wildman–Crippen LogP) is 17.6. The van der Waals surface area contributed by atoms with Crippen LogP contribution in [-0.2, 0) is 11.8 Å². The number of benzene rings is 4. The summed E-state index contributed by atoms with van der Waals surface area (Å²) in [5.41, 5.74) is -8.78. The molecule has 74 heavy (non-hydrogen) atoms. The van der Waals surface area contributed by atoms with E-state index in [0.717, 1.165) is 12.1 Å². The van der Waals surface area contributed by atoms with Crippen LogP contribution >= 0.6 is 0 Å². The lowest BCUT2D eigenvalue weighted by molar-refractivity contribution is -0.462. The van der Waals surface area contributed by atoms with Crippen molar-refractivity contribution in [2.45, 2.75) is 95.3 Å². The second-order valence-electron chi connectivity index (χ2n) is 15.6. The molecule has 4 aromatic carbocycles. The molecule has 6 aromatic rings.